The van der Waals surface area contributed by atoms with Crippen LogP contribution in [-0.2, 0) is 48.0 Å². The molecule has 0 saturated carbocycles. The van der Waals surface area contributed by atoms with E-state index in [9.17, 15) is 45.5 Å². The number of carbonyl (C=O) groups excluding carboxylic acids is 4. The molecule has 0 radical (unpaired) electrons. The minimum Gasteiger partial charge on any atom is -0.465 e. The van der Waals surface area contributed by atoms with E-state index in [1.807, 2.05) is 0 Å². The summed E-state index contributed by atoms with van der Waals surface area (Å²) in [6.45, 7) is 2.62. The van der Waals surface area contributed by atoms with E-state index in [2.05, 4.69) is 5.32 Å². The summed E-state index contributed by atoms with van der Waals surface area (Å²) in [4.78, 5) is 53.4. The lowest BCUT2D eigenvalue weighted by Crippen LogP contribution is -2.48. The van der Waals surface area contributed by atoms with Crippen LogP contribution in [0.25, 0.3) is 11.1 Å². The molecule has 0 aromatic heterocycles. The summed E-state index contributed by atoms with van der Waals surface area (Å²) >= 11 is 0. The molecule has 0 saturated heterocycles. The first-order chi connectivity index (χ1) is 23.6. The lowest BCUT2D eigenvalue weighted by atomic mass is 9.75. The molecule has 0 fully saturated rings. The Balaban J connectivity index is 1.69. The van der Waals surface area contributed by atoms with E-state index in [-0.39, 0.29) is 24.3 Å². The van der Waals surface area contributed by atoms with Crippen LogP contribution in [0.1, 0.15) is 52.9 Å². The Hall–Kier alpha value is -5.46. The summed E-state index contributed by atoms with van der Waals surface area (Å²) in [5.41, 5.74) is -5.60. The lowest BCUT2D eigenvalue weighted by molar-refractivity contribution is -0.166. The molecule has 4 aromatic rings. The van der Waals surface area contributed by atoms with E-state index in [0.717, 1.165) is 24.3 Å². The zero-order valence-electron chi connectivity index (χ0n) is 26.8. The smallest absolute Gasteiger partial charge is 0.416 e. The number of Topliss-reactive ketones (excluding diaryl/α,β-unsaturated/α-hetero) is 1. The molecule has 4 rings (SSSR count). The second kappa shape index (κ2) is 15.4. The molecular weight excluding hydrogens is 668 g/mol. The normalized spacial score (nSPS) is 11.8. The number of nitrogens with one attached hydrogen (secondary N) is 1. The number of esters is 2. The molecule has 0 heterocycles. The second-order valence-corrected chi connectivity index (χ2v) is 11.1. The predicted molar refractivity (Wildman–Crippen MR) is 171 cm³/mol. The Labute approximate surface area is 283 Å². The van der Waals surface area contributed by atoms with E-state index < -0.39 is 82.2 Å². The highest BCUT2D eigenvalue weighted by Gasteiger charge is 2.52. The van der Waals surface area contributed by atoms with Crippen LogP contribution < -0.4 is 5.32 Å². The summed E-state index contributed by atoms with van der Waals surface area (Å²) in [5, 5.41) is 2.24. The first-order valence-electron chi connectivity index (χ1n) is 15.3. The molecule has 0 atom stereocenters. The minimum atomic E-state index is -5.06. The Kier molecular flexibility index (Phi) is 11.5. The Morgan fingerprint density at radius 3 is 1.78 bits per heavy atom. The van der Waals surface area contributed by atoms with Gasteiger partial charge in [-0.1, -0.05) is 72.8 Å². The van der Waals surface area contributed by atoms with Crippen molar-refractivity contribution in [2.45, 2.75) is 44.5 Å². The van der Waals surface area contributed by atoms with Gasteiger partial charge in [-0.25, -0.2) is 0 Å². The van der Waals surface area contributed by atoms with Gasteiger partial charge in [0, 0.05) is 24.1 Å². The molecule has 4 aromatic carbocycles. The van der Waals surface area contributed by atoms with Crippen molar-refractivity contribution in [3.8, 4) is 11.1 Å². The lowest BCUT2D eigenvalue weighted by Gasteiger charge is -2.29. The summed E-state index contributed by atoms with van der Waals surface area (Å²) in [7, 11) is 0. The zero-order chi connectivity index (χ0) is 36.7. The highest BCUT2D eigenvalue weighted by Crippen LogP contribution is 2.38. The van der Waals surface area contributed by atoms with Crippen molar-refractivity contribution in [1.29, 1.82) is 0 Å². The number of hydrogen-bond acceptors (Lipinski definition) is 6. The standard InChI is InChI=1S/C37H31F6NO6/c1-3-49-33(47)35(34(48)50-4-2,25-13-9-6-10-14-25)22-28(45)19-24-15-17-27(21-31(24)37(41,42)43)44-32(46)30-20-26(36(38,39)40)16-18-29(30)23-11-7-5-8-12-23/h5-18,20-21H,3-4,19,22H2,1-2H3,(H,44,46). The summed E-state index contributed by atoms with van der Waals surface area (Å²) in [5.74, 6) is -4.27. The molecule has 262 valence electrons. The van der Waals surface area contributed by atoms with E-state index in [1.165, 1.54) is 38.1 Å². The van der Waals surface area contributed by atoms with Crippen LogP contribution in [0.5, 0.6) is 0 Å². The number of ketones is 1. The largest absolute Gasteiger partial charge is 0.465 e. The summed E-state index contributed by atoms with van der Waals surface area (Å²) in [6, 6.07) is 20.4. The van der Waals surface area contributed by atoms with Gasteiger partial charge in [0.1, 0.15) is 5.78 Å². The van der Waals surface area contributed by atoms with Gasteiger partial charge in [-0.05, 0) is 60.4 Å². The van der Waals surface area contributed by atoms with E-state index in [0.29, 0.717) is 17.7 Å². The molecule has 0 spiro atoms. The number of alkyl halides is 6. The van der Waals surface area contributed by atoms with Crippen molar-refractivity contribution in [2.24, 2.45) is 0 Å². The Morgan fingerprint density at radius 1 is 0.660 bits per heavy atom. The van der Waals surface area contributed by atoms with Gasteiger partial charge in [0.15, 0.2) is 5.41 Å². The zero-order valence-corrected chi connectivity index (χ0v) is 26.8. The number of amides is 1. The van der Waals surface area contributed by atoms with E-state index >= 15 is 0 Å². The summed E-state index contributed by atoms with van der Waals surface area (Å²) in [6.07, 6.45) is -11.6. The van der Waals surface area contributed by atoms with Crippen LogP contribution in [0.3, 0.4) is 0 Å². The third kappa shape index (κ3) is 8.39. The molecule has 13 heteroatoms. The highest BCUT2D eigenvalue weighted by molar-refractivity contribution is 6.10. The minimum absolute atomic E-state index is 0.0452. The van der Waals surface area contributed by atoms with Crippen LogP contribution in [0, 0.1) is 0 Å². The number of carbonyl (C=O) groups is 4. The first-order valence-corrected chi connectivity index (χ1v) is 15.3. The van der Waals surface area contributed by atoms with Gasteiger partial charge in [0.05, 0.1) is 24.3 Å². The maximum Gasteiger partial charge on any atom is 0.416 e. The average molecular weight is 700 g/mol. The number of benzene rings is 4. The molecule has 0 aliphatic rings. The van der Waals surface area contributed by atoms with Crippen LogP contribution in [0.15, 0.2) is 97.1 Å². The molecule has 0 aliphatic heterocycles. The molecule has 0 bridgehead atoms. The first kappa shape index (κ1) is 37.4. The molecule has 1 amide bonds. The summed E-state index contributed by atoms with van der Waals surface area (Å²) < 4.78 is 94.0. The van der Waals surface area contributed by atoms with Crippen LogP contribution >= 0.6 is 0 Å². The maximum absolute atomic E-state index is 14.4. The Bertz CT molecular complexity index is 1840. The average Bonchev–Trinajstić information content (AvgIpc) is 3.07. The molecule has 0 unspecified atom stereocenters. The SMILES string of the molecule is CCOC(=O)C(CC(=O)Cc1ccc(NC(=O)c2cc(C(F)(F)F)ccc2-c2ccccc2)cc1C(F)(F)F)(C(=O)OCC)c1ccccc1. The van der Waals surface area contributed by atoms with Crippen molar-refractivity contribution >= 4 is 29.3 Å². The van der Waals surface area contributed by atoms with Crippen LogP contribution in [0.2, 0.25) is 0 Å². The van der Waals surface area contributed by atoms with E-state index in [4.69, 9.17) is 9.47 Å². The highest BCUT2D eigenvalue weighted by atomic mass is 19.4. The van der Waals surface area contributed by atoms with Gasteiger partial charge in [-0.15, -0.1) is 0 Å². The van der Waals surface area contributed by atoms with Crippen molar-refractivity contribution in [3.63, 3.8) is 0 Å². The van der Waals surface area contributed by atoms with E-state index in [1.54, 1.807) is 36.4 Å². The number of hydrogen-bond donors (Lipinski definition) is 1. The fraction of sp³-hybridized carbons (Fsp3) is 0.243. The fourth-order valence-corrected chi connectivity index (χ4v) is 5.42. The van der Waals surface area contributed by atoms with Gasteiger partial charge < -0.3 is 14.8 Å². The molecule has 1 N–H and O–H groups in total. The third-order valence-electron chi connectivity index (χ3n) is 7.71. The molecule has 7 nitrogen and oxygen atoms in total. The third-order valence-corrected chi connectivity index (χ3v) is 7.71. The van der Waals surface area contributed by atoms with Crippen molar-refractivity contribution < 1.29 is 55.0 Å². The molecular formula is C37H31F6NO6. The van der Waals surface area contributed by atoms with Crippen molar-refractivity contribution in [1.82, 2.24) is 0 Å². The monoisotopic (exact) mass is 699 g/mol. The van der Waals surface area contributed by atoms with Crippen molar-refractivity contribution in [2.75, 3.05) is 18.5 Å². The van der Waals surface area contributed by atoms with Gasteiger partial charge >= 0.3 is 24.3 Å². The van der Waals surface area contributed by atoms with Gasteiger partial charge in [-0.3, -0.25) is 19.2 Å². The Morgan fingerprint density at radius 2 is 1.24 bits per heavy atom. The maximum atomic E-state index is 14.4. The predicted octanol–water partition coefficient (Wildman–Crippen LogP) is 8.21. The van der Waals surface area contributed by atoms with Gasteiger partial charge in [-0.2, -0.15) is 26.3 Å². The number of anilines is 1. The molecule has 50 heavy (non-hydrogen) atoms. The van der Waals surface area contributed by atoms with Gasteiger partial charge in [0.25, 0.3) is 5.91 Å². The fourth-order valence-electron chi connectivity index (χ4n) is 5.42. The number of ether oxygens (including phenoxy) is 2. The second-order valence-electron chi connectivity index (χ2n) is 11.1. The molecule has 0 aliphatic carbocycles. The van der Waals surface area contributed by atoms with Gasteiger partial charge in [0.2, 0.25) is 0 Å². The topological polar surface area (TPSA) is 98.8 Å². The quantitative estimate of drug-likeness (QED) is 0.0910. The van der Waals surface area contributed by atoms with Crippen molar-refractivity contribution in [3.05, 3.63) is 125 Å². The van der Waals surface area contributed by atoms with Crippen LogP contribution in [0.4, 0.5) is 32.0 Å². The van der Waals surface area contributed by atoms with Crippen LogP contribution in [-0.4, -0.2) is 36.8 Å². The number of rotatable bonds is 12. The number of halogens is 6.